The average Bonchev–Trinajstić information content (AvgIpc) is 3.41. The van der Waals surface area contributed by atoms with Gasteiger partial charge in [0.1, 0.15) is 0 Å². The summed E-state index contributed by atoms with van der Waals surface area (Å²) in [6.45, 7) is 4.02. The molecule has 0 saturated heterocycles. The molecule has 0 nitrogen and oxygen atoms in total. The zero-order valence-electron chi connectivity index (χ0n) is 18.5. The molecule has 0 aliphatic heterocycles. The molecule has 6 rings (SSSR count). The predicted molar refractivity (Wildman–Crippen MR) is 135 cm³/mol. The lowest BCUT2D eigenvalue weighted by Crippen LogP contribution is -2.08. The van der Waals surface area contributed by atoms with Gasteiger partial charge in [0.2, 0.25) is 0 Å². The first-order valence-electron chi connectivity index (χ1n) is 11.8. The summed E-state index contributed by atoms with van der Waals surface area (Å²) in [5.74, 6) is 0.507. The van der Waals surface area contributed by atoms with Crippen LogP contribution >= 0.6 is 0 Å². The third-order valence-electron chi connectivity index (χ3n) is 7.46. The molecule has 1 unspecified atom stereocenters. The maximum atomic E-state index is 4.02. The van der Waals surface area contributed by atoms with Gasteiger partial charge in [-0.15, -0.1) is 6.58 Å². The molecule has 0 fully saturated rings. The molecule has 1 atom stereocenters. The number of fused-ring (bicyclic) bond motifs is 6. The number of rotatable bonds is 6. The van der Waals surface area contributed by atoms with Crippen molar-refractivity contribution >= 4 is 0 Å². The molecule has 32 heavy (non-hydrogen) atoms. The first-order chi connectivity index (χ1) is 15.8. The van der Waals surface area contributed by atoms with E-state index in [4.69, 9.17) is 0 Å². The van der Waals surface area contributed by atoms with Crippen LogP contribution in [-0.2, 0) is 19.3 Å². The van der Waals surface area contributed by atoms with Crippen molar-refractivity contribution in [2.24, 2.45) is 0 Å². The smallest absolute Gasteiger partial charge is 0.00106 e. The first kappa shape index (κ1) is 19.3. The molecule has 0 N–H and O–H groups in total. The highest BCUT2D eigenvalue weighted by Crippen LogP contribution is 2.43. The van der Waals surface area contributed by atoms with Gasteiger partial charge in [-0.3, -0.25) is 0 Å². The fourth-order valence-electron chi connectivity index (χ4n) is 5.93. The van der Waals surface area contributed by atoms with Crippen molar-refractivity contribution in [2.45, 2.75) is 38.0 Å². The summed E-state index contributed by atoms with van der Waals surface area (Å²) >= 11 is 0. The van der Waals surface area contributed by atoms with Gasteiger partial charge in [0.05, 0.1) is 0 Å². The van der Waals surface area contributed by atoms with Gasteiger partial charge in [0.15, 0.2) is 0 Å². The highest BCUT2D eigenvalue weighted by molar-refractivity contribution is 5.79. The van der Waals surface area contributed by atoms with Crippen molar-refractivity contribution in [1.82, 2.24) is 0 Å². The Morgan fingerprint density at radius 1 is 0.656 bits per heavy atom. The van der Waals surface area contributed by atoms with Crippen LogP contribution in [0.15, 0.2) is 97.6 Å². The third-order valence-corrected chi connectivity index (χ3v) is 7.46. The van der Waals surface area contributed by atoms with E-state index in [0.717, 1.165) is 32.1 Å². The number of hydrogen-bond acceptors (Lipinski definition) is 0. The van der Waals surface area contributed by atoms with Crippen molar-refractivity contribution in [3.05, 3.63) is 131 Å². The largest absolute Gasteiger partial charge is 0.103 e. The lowest BCUT2D eigenvalue weighted by atomic mass is 9.82. The van der Waals surface area contributed by atoms with Crippen molar-refractivity contribution in [2.75, 3.05) is 0 Å². The first-order valence-corrected chi connectivity index (χ1v) is 11.8. The lowest BCUT2D eigenvalue weighted by molar-refractivity contribution is 0.623. The predicted octanol–water partition coefficient (Wildman–Crippen LogP) is 8.12. The van der Waals surface area contributed by atoms with Crippen LogP contribution in [0.3, 0.4) is 0 Å². The summed E-state index contributed by atoms with van der Waals surface area (Å²) in [7, 11) is 0. The van der Waals surface area contributed by atoms with Crippen LogP contribution in [0.2, 0.25) is 0 Å². The Morgan fingerprint density at radius 2 is 1.25 bits per heavy atom. The number of allylic oxidation sites excluding steroid dienone is 1. The normalized spacial score (nSPS) is 13.8. The van der Waals surface area contributed by atoms with Gasteiger partial charge >= 0.3 is 0 Å². The second-order valence-electron chi connectivity index (χ2n) is 9.25. The molecule has 0 spiro atoms. The molecule has 0 aromatic heterocycles. The molecule has 0 radical (unpaired) electrons. The van der Waals surface area contributed by atoms with E-state index in [2.05, 4.69) is 97.6 Å². The van der Waals surface area contributed by atoms with E-state index >= 15 is 0 Å². The SMILES string of the molecule is C=CCCC(Cc1cccc2c1Cc1ccccc1-2)c1cccc2c1Cc1ccccc1-2. The maximum Gasteiger partial charge on any atom is -0.00106 e. The monoisotopic (exact) mass is 412 g/mol. The molecule has 4 aromatic rings. The third kappa shape index (κ3) is 3.14. The Morgan fingerprint density at radius 3 is 1.97 bits per heavy atom. The fourth-order valence-corrected chi connectivity index (χ4v) is 5.93. The summed E-state index contributed by atoms with van der Waals surface area (Å²) in [4.78, 5) is 0. The Labute approximate surface area is 191 Å². The average molecular weight is 413 g/mol. The van der Waals surface area contributed by atoms with E-state index in [1.54, 1.807) is 5.56 Å². The van der Waals surface area contributed by atoms with Gasteiger partial charge in [-0.1, -0.05) is 91.0 Å². The van der Waals surface area contributed by atoms with Crippen LogP contribution in [0, 0.1) is 0 Å². The minimum Gasteiger partial charge on any atom is -0.103 e. The van der Waals surface area contributed by atoms with E-state index in [0.29, 0.717) is 5.92 Å². The number of benzene rings is 4. The summed E-state index contributed by atoms with van der Waals surface area (Å²) in [5.41, 5.74) is 14.8. The van der Waals surface area contributed by atoms with E-state index in [-0.39, 0.29) is 0 Å². The molecule has 4 aromatic carbocycles. The van der Waals surface area contributed by atoms with Crippen LogP contribution in [-0.4, -0.2) is 0 Å². The van der Waals surface area contributed by atoms with Crippen molar-refractivity contribution in [3.8, 4) is 22.3 Å². The summed E-state index contributed by atoms with van der Waals surface area (Å²) < 4.78 is 0. The lowest BCUT2D eigenvalue weighted by Gasteiger charge is -2.22. The Balaban J connectivity index is 1.40. The van der Waals surface area contributed by atoms with Crippen LogP contribution in [0.1, 0.15) is 52.1 Å². The summed E-state index contributed by atoms with van der Waals surface area (Å²) in [5, 5.41) is 0. The Kier molecular flexibility index (Phi) is 4.80. The van der Waals surface area contributed by atoms with Crippen LogP contribution in [0.4, 0.5) is 0 Å². The van der Waals surface area contributed by atoms with Gasteiger partial charge in [-0.25, -0.2) is 0 Å². The quantitative estimate of drug-likeness (QED) is 0.242. The second kappa shape index (κ2) is 7.95. The van der Waals surface area contributed by atoms with Crippen LogP contribution < -0.4 is 0 Å². The van der Waals surface area contributed by atoms with Crippen LogP contribution in [0.25, 0.3) is 22.3 Å². The van der Waals surface area contributed by atoms with E-state index in [1.807, 2.05) is 0 Å². The molecular weight excluding hydrogens is 384 g/mol. The van der Waals surface area contributed by atoms with E-state index < -0.39 is 0 Å². The van der Waals surface area contributed by atoms with Crippen LogP contribution in [0.5, 0.6) is 0 Å². The molecule has 0 saturated carbocycles. The van der Waals surface area contributed by atoms with E-state index in [9.17, 15) is 0 Å². The molecule has 0 heterocycles. The minimum absolute atomic E-state index is 0.507. The summed E-state index contributed by atoms with van der Waals surface area (Å²) in [6, 6.07) is 31.7. The highest BCUT2D eigenvalue weighted by Gasteiger charge is 2.26. The Hall–Kier alpha value is -3.38. The number of hydrogen-bond donors (Lipinski definition) is 0. The van der Waals surface area contributed by atoms with Crippen molar-refractivity contribution in [1.29, 1.82) is 0 Å². The molecule has 2 aliphatic carbocycles. The highest BCUT2D eigenvalue weighted by atomic mass is 14.3. The van der Waals surface area contributed by atoms with Crippen molar-refractivity contribution < 1.29 is 0 Å². The Bertz CT molecular complexity index is 1320. The van der Waals surface area contributed by atoms with Gasteiger partial charge in [-0.2, -0.15) is 0 Å². The molecule has 156 valence electrons. The van der Waals surface area contributed by atoms with Gasteiger partial charge in [0, 0.05) is 0 Å². The molecular formula is C32H28. The van der Waals surface area contributed by atoms with Gasteiger partial charge < -0.3 is 0 Å². The minimum atomic E-state index is 0.507. The summed E-state index contributed by atoms with van der Waals surface area (Å²) in [6.07, 6.45) is 7.50. The standard InChI is InChI=1S/C32H28/c1-2-3-10-22(28-16-9-18-30-27-15-7-5-12-25(27)21-32(28)30)19-23-13-8-17-29-26-14-6-4-11-24(26)20-31(23)29/h2,4-9,11-18,22H,1,3,10,19-21H2. The van der Waals surface area contributed by atoms with Gasteiger partial charge in [-0.05, 0) is 93.7 Å². The fraction of sp³-hybridized carbons (Fsp3) is 0.188. The zero-order chi connectivity index (χ0) is 21.5. The topological polar surface area (TPSA) is 0 Å². The molecule has 0 amide bonds. The van der Waals surface area contributed by atoms with E-state index in [1.165, 1.54) is 50.1 Å². The molecule has 2 aliphatic rings. The molecule has 0 heteroatoms. The zero-order valence-corrected chi connectivity index (χ0v) is 18.5. The van der Waals surface area contributed by atoms with Gasteiger partial charge in [0.25, 0.3) is 0 Å². The second-order valence-corrected chi connectivity index (χ2v) is 9.25. The van der Waals surface area contributed by atoms with Crippen molar-refractivity contribution in [3.63, 3.8) is 0 Å². The maximum absolute atomic E-state index is 4.02. The molecule has 0 bridgehead atoms.